The van der Waals surface area contributed by atoms with Crippen LogP contribution in [0.1, 0.15) is 60.3 Å². The predicted octanol–water partition coefficient (Wildman–Crippen LogP) is 3.17. The Morgan fingerprint density at radius 3 is 1.94 bits per heavy atom. The molecule has 0 saturated heterocycles. The van der Waals surface area contributed by atoms with Gasteiger partial charge in [-0.1, -0.05) is 47.0 Å². The Morgan fingerprint density at radius 2 is 1.67 bits per heavy atom. The summed E-state index contributed by atoms with van der Waals surface area (Å²) in [5.41, 5.74) is 6.07. The van der Waals surface area contributed by atoms with Gasteiger partial charge in [-0.25, -0.2) is 0 Å². The van der Waals surface area contributed by atoms with Crippen LogP contribution in [0.5, 0.6) is 0 Å². The van der Waals surface area contributed by atoms with E-state index in [1.54, 1.807) is 0 Å². The van der Waals surface area contributed by atoms with Gasteiger partial charge < -0.3 is 5.73 Å². The van der Waals surface area contributed by atoms with Gasteiger partial charge in [0, 0.05) is 12.1 Å². The molecule has 0 aliphatic carbocycles. The van der Waals surface area contributed by atoms with Crippen molar-refractivity contribution in [3.8, 4) is 12.3 Å². The van der Waals surface area contributed by atoms with Crippen LogP contribution in [0.3, 0.4) is 0 Å². The maximum absolute atomic E-state index is 6.07. The van der Waals surface area contributed by atoms with Gasteiger partial charge >= 0.3 is 0 Å². The third-order valence-corrected chi connectivity index (χ3v) is 3.25. The topological polar surface area (TPSA) is 38.0 Å². The monoisotopic (exact) mass is 252 g/mol. The Kier molecular flexibility index (Phi) is 8.31. The molecule has 18 heavy (non-hydrogen) atoms. The predicted molar refractivity (Wildman–Crippen MR) is 81.4 cm³/mol. The van der Waals surface area contributed by atoms with Crippen LogP contribution in [0.15, 0.2) is 0 Å². The van der Waals surface area contributed by atoms with Crippen LogP contribution < -0.4 is 11.1 Å². The van der Waals surface area contributed by atoms with E-state index in [1.165, 1.54) is 0 Å². The molecule has 0 rings (SSSR count). The maximum Gasteiger partial charge on any atom is 0.0691 e. The quantitative estimate of drug-likeness (QED) is 0.619. The van der Waals surface area contributed by atoms with E-state index in [9.17, 15) is 0 Å². The first-order valence-corrected chi connectivity index (χ1v) is 7.33. The molecule has 0 aliphatic rings. The minimum Gasteiger partial charge on any atom is -0.329 e. The van der Waals surface area contributed by atoms with Gasteiger partial charge in [0.15, 0.2) is 0 Å². The molecule has 3 N–H and O–H groups in total. The molecule has 0 amide bonds. The fourth-order valence-corrected chi connectivity index (χ4v) is 2.85. The van der Waals surface area contributed by atoms with Crippen LogP contribution in [0.4, 0.5) is 0 Å². The third kappa shape index (κ3) is 6.42. The zero-order chi connectivity index (χ0) is 14.2. The summed E-state index contributed by atoms with van der Waals surface area (Å²) >= 11 is 0. The lowest BCUT2D eigenvalue weighted by atomic mass is 9.81. The molecule has 0 spiro atoms. The average Bonchev–Trinajstić information content (AvgIpc) is 2.26. The van der Waals surface area contributed by atoms with Crippen LogP contribution in [0.25, 0.3) is 0 Å². The van der Waals surface area contributed by atoms with Crippen LogP contribution >= 0.6 is 0 Å². The molecular formula is C16H32N2. The van der Waals surface area contributed by atoms with Crippen molar-refractivity contribution in [2.45, 2.75) is 71.9 Å². The second-order valence-electron chi connectivity index (χ2n) is 6.33. The Bertz CT molecular complexity index is 240. The summed E-state index contributed by atoms with van der Waals surface area (Å²) in [5, 5.41) is 3.67. The summed E-state index contributed by atoms with van der Waals surface area (Å²) in [7, 11) is 0. The SMILES string of the molecule is C#CC(CCC)NC(CN)(CC(C)C)CC(C)C. The van der Waals surface area contributed by atoms with E-state index in [-0.39, 0.29) is 11.6 Å². The number of nitrogens with two attached hydrogens (primary N) is 1. The summed E-state index contributed by atoms with van der Waals surface area (Å²) in [6.45, 7) is 11.8. The second-order valence-corrected chi connectivity index (χ2v) is 6.33. The van der Waals surface area contributed by atoms with E-state index in [1.807, 2.05) is 0 Å². The highest BCUT2D eigenvalue weighted by Crippen LogP contribution is 2.25. The van der Waals surface area contributed by atoms with Gasteiger partial charge in [-0.2, -0.15) is 0 Å². The molecule has 0 aromatic rings. The van der Waals surface area contributed by atoms with E-state index >= 15 is 0 Å². The number of nitrogens with one attached hydrogen (secondary N) is 1. The summed E-state index contributed by atoms with van der Waals surface area (Å²) in [6.07, 6.45) is 9.93. The number of rotatable bonds is 9. The largest absolute Gasteiger partial charge is 0.329 e. The average molecular weight is 252 g/mol. The van der Waals surface area contributed by atoms with Gasteiger partial charge in [0.1, 0.15) is 0 Å². The molecule has 1 atom stereocenters. The smallest absolute Gasteiger partial charge is 0.0691 e. The van der Waals surface area contributed by atoms with Crippen molar-refractivity contribution < 1.29 is 0 Å². The molecule has 0 aromatic carbocycles. The van der Waals surface area contributed by atoms with Crippen molar-refractivity contribution in [1.82, 2.24) is 5.32 Å². The molecule has 0 bridgehead atoms. The van der Waals surface area contributed by atoms with Crippen molar-refractivity contribution in [3.63, 3.8) is 0 Å². The molecule has 0 aliphatic heterocycles. The van der Waals surface area contributed by atoms with Crippen molar-refractivity contribution in [2.24, 2.45) is 17.6 Å². The number of terminal acetylenes is 1. The van der Waals surface area contributed by atoms with Crippen molar-refractivity contribution in [3.05, 3.63) is 0 Å². The van der Waals surface area contributed by atoms with E-state index in [2.05, 4.69) is 45.9 Å². The van der Waals surface area contributed by atoms with E-state index in [4.69, 9.17) is 12.2 Å². The minimum atomic E-state index is -0.00542. The summed E-state index contributed by atoms with van der Waals surface area (Å²) in [4.78, 5) is 0. The lowest BCUT2D eigenvalue weighted by Crippen LogP contribution is -2.56. The van der Waals surface area contributed by atoms with Crippen molar-refractivity contribution >= 4 is 0 Å². The Balaban J connectivity index is 4.86. The van der Waals surface area contributed by atoms with Crippen molar-refractivity contribution in [2.75, 3.05) is 6.54 Å². The second kappa shape index (κ2) is 8.56. The Labute approximate surface area is 114 Å². The molecule has 0 radical (unpaired) electrons. The highest BCUT2D eigenvalue weighted by atomic mass is 15.0. The van der Waals surface area contributed by atoms with E-state index in [0.29, 0.717) is 18.4 Å². The lowest BCUT2D eigenvalue weighted by Gasteiger charge is -2.39. The molecular weight excluding hydrogens is 220 g/mol. The molecule has 0 aromatic heterocycles. The number of hydrogen-bond acceptors (Lipinski definition) is 2. The minimum absolute atomic E-state index is 0.00542. The highest BCUT2D eigenvalue weighted by molar-refractivity contribution is 5.04. The van der Waals surface area contributed by atoms with E-state index < -0.39 is 0 Å². The molecule has 0 heterocycles. The summed E-state index contributed by atoms with van der Waals surface area (Å²) in [5.74, 6) is 4.12. The summed E-state index contributed by atoms with van der Waals surface area (Å²) in [6, 6.07) is 0.149. The molecule has 2 nitrogen and oxygen atoms in total. The van der Waals surface area contributed by atoms with Gasteiger partial charge in [-0.05, 0) is 31.1 Å². The maximum atomic E-state index is 6.07. The highest BCUT2D eigenvalue weighted by Gasteiger charge is 2.31. The molecule has 0 fully saturated rings. The van der Waals surface area contributed by atoms with Gasteiger partial charge in [0.25, 0.3) is 0 Å². The van der Waals surface area contributed by atoms with Crippen molar-refractivity contribution in [1.29, 1.82) is 0 Å². The first-order valence-electron chi connectivity index (χ1n) is 7.33. The first kappa shape index (κ1) is 17.5. The van der Waals surface area contributed by atoms with Gasteiger partial charge in [0.2, 0.25) is 0 Å². The zero-order valence-corrected chi connectivity index (χ0v) is 12.9. The van der Waals surface area contributed by atoms with Gasteiger partial charge in [0.05, 0.1) is 6.04 Å². The fraction of sp³-hybridized carbons (Fsp3) is 0.875. The number of hydrogen-bond donors (Lipinski definition) is 2. The van der Waals surface area contributed by atoms with Gasteiger partial charge in [-0.15, -0.1) is 6.42 Å². The molecule has 1 unspecified atom stereocenters. The lowest BCUT2D eigenvalue weighted by molar-refractivity contribution is 0.215. The van der Waals surface area contributed by atoms with E-state index in [0.717, 1.165) is 25.7 Å². The van der Waals surface area contributed by atoms with Crippen LogP contribution in [-0.4, -0.2) is 18.1 Å². The molecule has 0 saturated carbocycles. The Morgan fingerprint density at radius 1 is 1.17 bits per heavy atom. The third-order valence-electron chi connectivity index (χ3n) is 3.25. The van der Waals surface area contributed by atoms with Crippen LogP contribution in [-0.2, 0) is 0 Å². The van der Waals surface area contributed by atoms with Gasteiger partial charge in [-0.3, -0.25) is 5.32 Å². The standard InChI is InChI=1S/C16H32N2/c1-7-9-15(8-2)18-16(12-17,10-13(3)4)11-14(5)6/h2,13-15,18H,7,9-12,17H2,1,3-6H3. The fourth-order valence-electron chi connectivity index (χ4n) is 2.85. The Hall–Kier alpha value is -0.520. The first-order chi connectivity index (χ1) is 8.39. The zero-order valence-electron chi connectivity index (χ0n) is 12.9. The molecule has 2 heteroatoms. The molecule has 106 valence electrons. The van der Waals surface area contributed by atoms with Crippen LogP contribution in [0, 0.1) is 24.2 Å². The summed E-state index contributed by atoms with van der Waals surface area (Å²) < 4.78 is 0. The van der Waals surface area contributed by atoms with Crippen LogP contribution in [0.2, 0.25) is 0 Å². The normalized spacial score (nSPS) is 13.9.